The van der Waals surface area contributed by atoms with Gasteiger partial charge in [0.25, 0.3) is 5.91 Å². The molecule has 0 fully saturated rings. The molecule has 0 atom stereocenters. The van der Waals surface area contributed by atoms with E-state index in [4.69, 9.17) is 0 Å². The van der Waals surface area contributed by atoms with Gasteiger partial charge in [0.05, 0.1) is 4.88 Å². The molecule has 4 nitrogen and oxygen atoms in total. The molecule has 2 heterocycles. The summed E-state index contributed by atoms with van der Waals surface area (Å²) in [5.74, 6) is 0.0572. The van der Waals surface area contributed by atoms with E-state index in [2.05, 4.69) is 5.32 Å². The molecule has 0 spiro atoms. The van der Waals surface area contributed by atoms with Gasteiger partial charge in [0, 0.05) is 24.3 Å². The lowest BCUT2D eigenvalue weighted by Crippen LogP contribution is -2.35. The van der Waals surface area contributed by atoms with Crippen LogP contribution >= 0.6 is 11.3 Å². The standard InChI is InChI=1S/C23H22N2O2S/c26-22(13-10-17-6-2-1-3-7-17)24-19-11-12-20-18(16-19)8-4-14-25(20)23(27)21-9-5-15-28-21/h1-3,5-7,9,11-12,15-16H,4,8,10,13-14H2,(H,24,26). The molecule has 2 aromatic carbocycles. The summed E-state index contributed by atoms with van der Waals surface area (Å²) in [5.41, 5.74) is 4.01. The highest BCUT2D eigenvalue weighted by Crippen LogP contribution is 2.31. The van der Waals surface area contributed by atoms with Crippen LogP contribution in [-0.2, 0) is 17.6 Å². The Morgan fingerprint density at radius 2 is 1.89 bits per heavy atom. The first kappa shape index (κ1) is 18.4. The van der Waals surface area contributed by atoms with E-state index in [1.807, 2.05) is 70.9 Å². The minimum absolute atomic E-state index is 0.00568. The van der Waals surface area contributed by atoms with Crippen molar-refractivity contribution >= 4 is 34.5 Å². The van der Waals surface area contributed by atoms with Crippen molar-refractivity contribution in [3.05, 3.63) is 82.0 Å². The molecule has 0 saturated heterocycles. The summed E-state index contributed by atoms with van der Waals surface area (Å²) in [4.78, 5) is 27.7. The Hall–Kier alpha value is -2.92. The highest BCUT2D eigenvalue weighted by atomic mass is 32.1. The van der Waals surface area contributed by atoms with E-state index in [9.17, 15) is 9.59 Å². The Balaban J connectivity index is 1.43. The van der Waals surface area contributed by atoms with Crippen LogP contribution in [0.25, 0.3) is 0 Å². The van der Waals surface area contributed by atoms with Crippen molar-refractivity contribution in [3.8, 4) is 0 Å². The van der Waals surface area contributed by atoms with Crippen molar-refractivity contribution in [1.82, 2.24) is 0 Å². The Morgan fingerprint density at radius 1 is 1.04 bits per heavy atom. The molecule has 28 heavy (non-hydrogen) atoms. The largest absolute Gasteiger partial charge is 0.326 e. The third-order valence-corrected chi connectivity index (χ3v) is 5.80. The van der Waals surface area contributed by atoms with Crippen molar-refractivity contribution in [2.45, 2.75) is 25.7 Å². The summed E-state index contributed by atoms with van der Waals surface area (Å²) in [6.45, 7) is 0.729. The molecule has 142 valence electrons. The first-order valence-electron chi connectivity index (χ1n) is 9.53. The first-order chi connectivity index (χ1) is 13.7. The van der Waals surface area contributed by atoms with Gasteiger partial charge >= 0.3 is 0 Å². The van der Waals surface area contributed by atoms with Crippen molar-refractivity contribution in [2.75, 3.05) is 16.8 Å². The zero-order chi connectivity index (χ0) is 19.3. The molecule has 5 heteroatoms. The second-order valence-electron chi connectivity index (χ2n) is 6.91. The van der Waals surface area contributed by atoms with Crippen LogP contribution in [0.3, 0.4) is 0 Å². The van der Waals surface area contributed by atoms with E-state index in [0.29, 0.717) is 6.42 Å². The lowest BCUT2D eigenvalue weighted by molar-refractivity contribution is -0.116. The van der Waals surface area contributed by atoms with Crippen molar-refractivity contribution < 1.29 is 9.59 Å². The molecule has 0 radical (unpaired) electrons. The molecule has 2 amide bonds. The molecule has 1 aromatic heterocycles. The van der Waals surface area contributed by atoms with E-state index in [-0.39, 0.29) is 11.8 Å². The fraction of sp³-hybridized carbons (Fsp3) is 0.217. The molecule has 4 rings (SSSR count). The number of rotatable bonds is 5. The minimum Gasteiger partial charge on any atom is -0.326 e. The number of carbonyl (C=O) groups excluding carboxylic acids is 2. The fourth-order valence-corrected chi connectivity index (χ4v) is 4.22. The summed E-state index contributed by atoms with van der Waals surface area (Å²) < 4.78 is 0. The number of anilines is 2. The third kappa shape index (κ3) is 4.15. The van der Waals surface area contributed by atoms with Crippen LogP contribution in [0.5, 0.6) is 0 Å². The number of benzene rings is 2. The van der Waals surface area contributed by atoms with Crippen molar-refractivity contribution in [1.29, 1.82) is 0 Å². The highest BCUT2D eigenvalue weighted by molar-refractivity contribution is 7.12. The molecule has 1 aliphatic rings. The van der Waals surface area contributed by atoms with Crippen molar-refractivity contribution in [2.24, 2.45) is 0 Å². The van der Waals surface area contributed by atoms with E-state index in [0.717, 1.165) is 53.2 Å². The van der Waals surface area contributed by atoms with E-state index in [1.54, 1.807) is 0 Å². The van der Waals surface area contributed by atoms with E-state index in [1.165, 1.54) is 11.3 Å². The number of thiophene rings is 1. The maximum Gasteiger partial charge on any atom is 0.268 e. The summed E-state index contributed by atoms with van der Waals surface area (Å²) in [6.07, 6.45) is 3.01. The zero-order valence-electron chi connectivity index (χ0n) is 15.6. The maximum atomic E-state index is 12.8. The lowest BCUT2D eigenvalue weighted by Gasteiger charge is -2.29. The highest BCUT2D eigenvalue weighted by Gasteiger charge is 2.24. The van der Waals surface area contributed by atoms with Gasteiger partial charge in [-0.1, -0.05) is 36.4 Å². The van der Waals surface area contributed by atoms with Crippen molar-refractivity contribution in [3.63, 3.8) is 0 Å². The Morgan fingerprint density at radius 3 is 2.68 bits per heavy atom. The Labute approximate surface area is 168 Å². The molecule has 0 bridgehead atoms. The summed E-state index contributed by atoms with van der Waals surface area (Å²) >= 11 is 1.47. The summed E-state index contributed by atoms with van der Waals surface area (Å²) in [5, 5.41) is 4.92. The van der Waals surface area contributed by atoms with Crippen LogP contribution < -0.4 is 10.2 Å². The van der Waals surface area contributed by atoms with Gasteiger partial charge in [0.1, 0.15) is 0 Å². The molecule has 0 aliphatic carbocycles. The Bertz CT molecular complexity index is 968. The fourth-order valence-electron chi connectivity index (χ4n) is 3.55. The second-order valence-corrected chi connectivity index (χ2v) is 7.86. The maximum absolute atomic E-state index is 12.8. The van der Waals surface area contributed by atoms with Crippen LogP contribution in [-0.4, -0.2) is 18.4 Å². The molecule has 3 aromatic rings. The second kappa shape index (κ2) is 8.40. The van der Waals surface area contributed by atoms with Gasteiger partial charge in [-0.25, -0.2) is 0 Å². The zero-order valence-corrected chi connectivity index (χ0v) is 16.4. The van der Waals surface area contributed by atoms with Crippen LogP contribution in [0.1, 0.15) is 33.6 Å². The van der Waals surface area contributed by atoms with Crippen LogP contribution in [0.4, 0.5) is 11.4 Å². The topological polar surface area (TPSA) is 49.4 Å². The minimum atomic E-state index is 0.00568. The summed E-state index contributed by atoms with van der Waals surface area (Å²) in [7, 11) is 0. The number of carbonyl (C=O) groups is 2. The number of amides is 2. The molecule has 0 saturated carbocycles. The molecule has 1 N–H and O–H groups in total. The number of aryl methyl sites for hydroxylation is 2. The molecular formula is C23H22N2O2S. The van der Waals surface area contributed by atoms with Gasteiger partial charge in [-0.3, -0.25) is 9.59 Å². The van der Waals surface area contributed by atoms with Gasteiger partial charge in [0.2, 0.25) is 5.91 Å². The number of hydrogen-bond donors (Lipinski definition) is 1. The van der Waals surface area contributed by atoms with Crippen LogP contribution in [0.2, 0.25) is 0 Å². The average molecular weight is 391 g/mol. The van der Waals surface area contributed by atoms with E-state index < -0.39 is 0 Å². The molecular weight excluding hydrogens is 368 g/mol. The number of hydrogen-bond acceptors (Lipinski definition) is 3. The average Bonchev–Trinajstić information content (AvgIpc) is 3.27. The molecule has 1 aliphatic heterocycles. The lowest BCUT2D eigenvalue weighted by atomic mass is 10.0. The smallest absolute Gasteiger partial charge is 0.268 e. The third-order valence-electron chi connectivity index (χ3n) is 4.94. The number of nitrogens with one attached hydrogen (secondary N) is 1. The van der Waals surface area contributed by atoms with E-state index >= 15 is 0 Å². The first-order valence-corrected chi connectivity index (χ1v) is 10.4. The SMILES string of the molecule is O=C(CCc1ccccc1)Nc1ccc2c(c1)CCCN2C(=O)c1cccs1. The summed E-state index contributed by atoms with van der Waals surface area (Å²) in [6, 6.07) is 19.6. The predicted molar refractivity (Wildman–Crippen MR) is 114 cm³/mol. The van der Waals surface area contributed by atoms with Crippen LogP contribution in [0, 0.1) is 0 Å². The van der Waals surface area contributed by atoms with Gasteiger partial charge in [-0.05, 0) is 60.0 Å². The molecule has 0 unspecified atom stereocenters. The Kier molecular flexibility index (Phi) is 5.53. The normalized spacial score (nSPS) is 13.1. The van der Waals surface area contributed by atoms with Gasteiger partial charge in [-0.15, -0.1) is 11.3 Å². The quantitative estimate of drug-likeness (QED) is 0.673. The van der Waals surface area contributed by atoms with Gasteiger partial charge in [0.15, 0.2) is 0 Å². The van der Waals surface area contributed by atoms with Gasteiger partial charge in [-0.2, -0.15) is 0 Å². The predicted octanol–water partition coefficient (Wildman–Crippen LogP) is 4.91. The van der Waals surface area contributed by atoms with Gasteiger partial charge < -0.3 is 10.2 Å². The monoisotopic (exact) mass is 390 g/mol. The number of nitrogens with zero attached hydrogens (tertiary/aromatic N) is 1. The number of fused-ring (bicyclic) bond motifs is 1. The van der Waals surface area contributed by atoms with Crippen LogP contribution in [0.15, 0.2) is 66.0 Å².